The molecule has 0 fully saturated rings. The van der Waals surface area contributed by atoms with E-state index in [9.17, 15) is 10.2 Å². The Morgan fingerprint density at radius 1 is 0.812 bits per heavy atom. The molecular weight excluding hydrogens is 244 g/mol. The number of nitrogen functional groups attached to an aromatic ring is 2. The van der Waals surface area contributed by atoms with Crippen molar-refractivity contribution in [1.82, 2.24) is 0 Å². The molecule has 0 unspecified atom stereocenters. The maximum atomic E-state index is 9.73. The summed E-state index contributed by atoms with van der Waals surface area (Å²) >= 11 is 2.64. The smallest absolute Gasteiger partial charge is 0.157 e. The molecule has 0 saturated heterocycles. The SMILES string of the molecule is Nc1sc2cc3sc(N)c(O)c3cc2c1O. The highest BCUT2D eigenvalue weighted by Gasteiger charge is 2.14. The molecule has 6 heteroatoms. The molecular formula is C10H8N2O2S2. The molecule has 6 N–H and O–H groups in total. The molecule has 0 amide bonds. The van der Waals surface area contributed by atoms with Crippen LogP contribution in [0.3, 0.4) is 0 Å². The molecule has 3 aromatic rings. The maximum Gasteiger partial charge on any atom is 0.157 e. The fraction of sp³-hybridized carbons (Fsp3) is 0. The van der Waals surface area contributed by atoms with Crippen molar-refractivity contribution in [3.63, 3.8) is 0 Å². The first kappa shape index (κ1) is 9.56. The predicted molar refractivity (Wildman–Crippen MR) is 69.4 cm³/mol. The molecule has 0 aliphatic carbocycles. The fourth-order valence-corrected chi connectivity index (χ4v) is 3.55. The van der Waals surface area contributed by atoms with Gasteiger partial charge in [-0.2, -0.15) is 0 Å². The van der Waals surface area contributed by atoms with E-state index < -0.39 is 0 Å². The first-order chi connectivity index (χ1) is 7.58. The maximum absolute atomic E-state index is 9.73. The van der Waals surface area contributed by atoms with E-state index in [0.717, 1.165) is 9.40 Å². The number of hydrogen-bond donors (Lipinski definition) is 4. The Morgan fingerprint density at radius 3 is 1.69 bits per heavy atom. The van der Waals surface area contributed by atoms with Crippen molar-refractivity contribution >= 4 is 52.8 Å². The second-order valence-electron chi connectivity index (χ2n) is 3.47. The molecule has 0 atom stereocenters. The third-order valence-corrected chi connectivity index (χ3v) is 4.44. The van der Waals surface area contributed by atoms with E-state index in [1.54, 1.807) is 6.07 Å². The van der Waals surface area contributed by atoms with E-state index in [2.05, 4.69) is 0 Å². The molecule has 0 aliphatic heterocycles. The highest BCUT2D eigenvalue weighted by atomic mass is 32.1. The monoisotopic (exact) mass is 252 g/mol. The Labute approximate surface area is 98.3 Å². The number of thiophene rings is 2. The summed E-state index contributed by atoms with van der Waals surface area (Å²) in [5.41, 5.74) is 11.3. The quantitative estimate of drug-likeness (QED) is 0.495. The molecule has 2 heterocycles. The molecule has 0 spiro atoms. The van der Waals surface area contributed by atoms with Crippen LogP contribution in [0.25, 0.3) is 20.2 Å². The highest BCUT2D eigenvalue weighted by molar-refractivity contribution is 7.25. The van der Waals surface area contributed by atoms with E-state index in [1.807, 2.05) is 6.07 Å². The number of fused-ring (bicyclic) bond motifs is 2. The molecule has 4 nitrogen and oxygen atoms in total. The van der Waals surface area contributed by atoms with Crippen LogP contribution in [0.5, 0.6) is 11.5 Å². The fourth-order valence-electron chi connectivity index (χ4n) is 1.70. The normalized spacial score (nSPS) is 11.5. The van der Waals surface area contributed by atoms with Crippen LogP contribution in [0, 0.1) is 0 Å². The highest BCUT2D eigenvalue weighted by Crippen LogP contribution is 2.46. The number of benzene rings is 1. The summed E-state index contributed by atoms with van der Waals surface area (Å²) < 4.78 is 1.78. The average Bonchev–Trinajstić information content (AvgIpc) is 2.66. The van der Waals surface area contributed by atoms with Crippen molar-refractivity contribution in [2.24, 2.45) is 0 Å². The summed E-state index contributed by atoms with van der Waals surface area (Å²) in [5.74, 6) is 0.150. The van der Waals surface area contributed by atoms with Gasteiger partial charge in [0.05, 0.1) is 0 Å². The minimum Gasteiger partial charge on any atom is -0.504 e. The third-order valence-electron chi connectivity index (χ3n) is 2.50. The zero-order valence-corrected chi connectivity index (χ0v) is 9.65. The zero-order chi connectivity index (χ0) is 11.4. The van der Waals surface area contributed by atoms with Crippen LogP contribution in [-0.4, -0.2) is 10.2 Å². The van der Waals surface area contributed by atoms with Crippen molar-refractivity contribution in [2.45, 2.75) is 0 Å². The number of hydrogen-bond acceptors (Lipinski definition) is 6. The zero-order valence-electron chi connectivity index (χ0n) is 8.02. The summed E-state index contributed by atoms with van der Waals surface area (Å²) in [5, 5.41) is 21.6. The van der Waals surface area contributed by atoms with Crippen molar-refractivity contribution in [1.29, 1.82) is 0 Å². The van der Waals surface area contributed by atoms with Gasteiger partial charge in [-0.3, -0.25) is 0 Å². The Morgan fingerprint density at radius 2 is 1.25 bits per heavy atom. The number of aromatic hydroxyl groups is 2. The summed E-state index contributed by atoms with van der Waals surface area (Å²) in [7, 11) is 0. The van der Waals surface area contributed by atoms with Gasteiger partial charge in [0.25, 0.3) is 0 Å². The van der Waals surface area contributed by atoms with E-state index in [1.165, 1.54) is 22.7 Å². The van der Waals surface area contributed by atoms with Gasteiger partial charge in [0, 0.05) is 20.2 Å². The van der Waals surface area contributed by atoms with Gasteiger partial charge in [-0.15, -0.1) is 22.7 Å². The lowest BCUT2D eigenvalue weighted by Crippen LogP contribution is -1.76. The van der Waals surface area contributed by atoms with Crippen LogP contribution < -0.4 is 11.5 Å². The lowest BCUT2D eigenvalue weighted by molar-refractivity contribution is 0.485. The van der Waals surface area contributed by atoms with Crippen LogP contribution in [0.4, 0.5) is 10.0 Å². The van der Waals surface area contributed by atoms with Crippen molar-refractivity contribution in [3.8, 4) is 11.5 Å². The first-order valence-corrected chi connectivity index (χ1v) is 6.13. The molecule has 82 valence electrons. The molecule has 0 radical (unpaired) electrons. The van der Waals surface area contributed by atoms with Gasteiger partial charge in [-0.1, -0.05) is 0 Å². The second-order valence-corrected chi connectivity index (χ2v) is 5.64. The standard InChI is InChI=1S/C10H8N2O2S2/c11-9-7(13)3-1-4-6(2-5(3)15-9)16-10(12)8(4)14/h1-2,13-14H,11-12H2. The van der Waals surface area contributed by atoms with Crippen LogP contribution >= 0.6 is 22.7 Å². The average molecular weight is 252 g/mol. The van der Waals surface area contributed by atoms with E-state index in [4.69, 9.17) is 11.5 Å². The van der Waals surface area contributed by atoms with Crippen LogP contribution in [0.15, 0.2) is 12.1 Å². The molecule has 0 aliphatic rings. The molecule has 0 bridgehead atoms. The van der Waals surface area contributed by atoms with Gasteiger partial charge >= 0.3 is 0 Å². The number of nitrogens with two attached hydrogens (primary N) is 2. The van der Waals surface area contributed by atoms with E-state index >= 15 is 0 Å². The van der Waals surface area contributed by atoms with Gasteiger partial charge in [-0.25, -0.2) is 0 Å². The summed E-state index contributed by atoms with van der Waals surface area (Å²) in [6.45, 7) is 0. The largest absolute Gasteiger partial charge is 0.504 e. The lowest BCUT2D eigenvalue weighted by Gasteiger charge is -1.93. The molecule has 3 rings (SSSR count). The van der Waals surface area contributed by atoms with Crippen molar-refractivity contribution < 1.29 is 10.2 Å². The van der Waals surface area contributed by atoms with Gasteiger partial charge in [-0.05, 0) is 12.1 Å². The third kappa shape index (κ3) is 1.08. The van der Waals surface area contributed by atoms with Gasteiger partial charge < -0.3 is 21.7 Å². The first-order valence-electron chi connectivity index (χ1n) is 4.50. The Kier molecular flexibility index (Phi) is 1.75. The number of anilines is 2. The summed E-state index contributed by atoms with van der Waals surface area (Å²) in [6.07, 6.45) is 0. The van der Waals surface area contributed by atoms with Gasteiger partial charge in [0.2, 0.25) is 0 Å². The van der Waals surface area contributed by atoms with Crippen LogP contribution in [0.2, 0.25) is 0 Å². The van der Waals surface area contributed by atoms with Crippen LogP contribution in [0.1, 0.15) is 0 Å². The van der Waals surface area contributed by atoms with Crippen LogP contribution in [-0.2, 0) is 0 Å². The van der Waals surface area contributed by atoms with E-state index in [0.29, 0.717) is 20.8 Å². The van der Waals surface area contributed by atoms with Gasteiger partial charge in [0.1, 0.15) is 10.0 Å². The van der Waals surface area contributed by atoms with Crippen molar-refractivity contribution in [3.05, 3.63) is 12.1 Å². The molecule has 0 saturated carbocycles. The second kappa shape index (κ2) is 2.93. The Hall–Kier alpha value is -1.66. The minimum absolute atomic E-state index is 0.0751. The predicted octanol–water partition coefficient (Wildman–Crippen LogP) is 2.69. The molecule has 16 heavy (non-hydrogen) atoms. The minimum atomic E-state index is 0.0751. The topological polar surface area (TPSA) is 92.5 Å². The molecule has 1 aromatic carbocycles. The summed E-state index contributed by atoms with van der Waals surface area (Å²) in [4.78, 5) is 0. The van der Waals surface area contributed by atoms with Crippen molar-refractivity contribution in [2.75, 3.05) is 11.5 Å². The van der Waals surface area contributed by atoms with E-state index in [-0.39, 0.29) is 11.5 Å². The lowest BCUT2D eigenvalue weighted by atomic mass is 10.2. The Balaban J connectivity index is 2.53. The summed E-state index contributed by atoms with van der Waals surface area (Å²) in [6, 6.07) is 3.60. The Bertz CT molecular complexity index is 657. The van der Waals surface area contributed by atoms with Gasteiger partial charge in [0.15, 0.2) is 11.5 Å². The number of rotatable bonds is 0. The molecule has 2 aromatic heterocycles.